The van der Waals surface area contributed by atoms with Gasteiger partial charge >= 0.3 is 0 Å². The summed E-state index contributed by atoms with van der Waals surface area (Å²) in [6, 6.07) is 3.91. The van der Waals surface area contributed by atoms with Gasteiger partial charge in [-0.05, 0) is 56.9 Å². The van der Waals surface area contributed by atoms with Crippen molar-refractivity contribution in [1.82, 2.24) is 10.0 Å². The minimum atomic E-state index is -0.107. The Hall–Kier alpha value is -1.82. The lowest BCUT2D eigenvalue weighted by Crippen LogP contribution is -2.68. The van der Waals surface area contributed by atoms with Crippen LogP contribution in [0.5, 0.6) is 5.88 Å². The molecule has 0 bridgehead atoms. The molecule has 0 atom stereocenters. The van der Waals surface area contributed by atoms with Crippen LogP contribution in [0, 0.1) is 5.92 Å². The van der Waals surface area contributed by atoms with Crippen molar-refractivity contribution in [3.63, 3.8) is 0 Å². The number of aromatic nitrogens is 1. The van der Waals surface area contributed by atoms with Gasteiger partial charge in [0.05, 0.1) is 17.8 Å². The first-order valence-corrected chi connectivity index (χ1v) is 9.61. The molecule has 2 saturated carbocycles. The Morgan fingerprint density at radius 2 is 2.04 bits per heavy atom. The van der Waals surface area contributed by atoms with Crippen molar-refractivity contribution < 1.29 is 14.4 Å². The second-order valence-electron chi connectivity index (χ2n) is 7.92. The Labute approximate surface area is 148 Å². The van der Waals surface area contributed by atoms with Crippen molar-refractivity contribution in [1.29, 1.82) is 0 Å². The maximum absolute atomic E-state index is 13.2. The Morgan fingerprint density at radius 1 is 1.24 bits per heavy atom. The lowest BCUT2D eigenvalue weighted by atomic mass is 9.75. The molecule has 1 aromatic rings. The maximum Gasteiger partial charge on any atom is 0.298 e. The van der Waals surface area contributed by atoms with Crippen LogP contribution in [0.1, 0.15) is 55.4 Å². The Morgan fingerprint density at radius 3 is 2.64 bits per heavy atom. The minimum Gasteiger partial charge on any atom is -0.477 e. The van der Waals surface area contributed by atoms with Gasteiger partial charge in [0.25, 0.3) is 5.91 Å². The lowest BCUT2D eigenvalue weighted by Gasteiger charge is -2.56. The molecule has 1 aromatic heterocycles. The SMILES string of the molecule is O=C(c1nc(OCC2CC2)ccc1N1CCCC1)N1OCC12CCC2. The molecule has 0 N–H and O–H groups in total. The quantitative estimate of drug-likeness (QED) is 0.823. The van der Waals surface area contributed by atoms with E-state index in [1.54, 1.807) is 5.06 Å². The van der Waals surface area contributed by atoms with Gasteiger partial charge in [-0.2, -0.15) is 0 Å². The second kappa shape index (κ2) is 5.87. The molecule has 2 aliphatic carbocycles. The molecule has 0 unspecified atom stereocenters. The summed E-state index contributed by atoms with van der Waals surface area (Å²) in [7, 11) is 0. The molecule has 134 valence electrons. The molecular weight excluding hydrogens is 318 g/mol. The fourth-order valence-electron chi connectivity index (χ4n) is 3.99. The molecule has 6 heteroatoms. The maximum atomic E-state index is 13.2. The highest BCUT2D eigenvalue weighted by atomic mass is 16.7. The van der Waals surface area contributed by atoms with Gasteiger partial charge in [0, 0.05) is 19.2 Å². The van der Waals surface area contributed by atoms with Crippen molar-refractivity contribution in [2.45, 2.75) is 50.5 Å². The predicted molar refractivity (Wildman–Crippen MR) is 92.6 cm³/mol. The van der Waals surface area contributed by atoms with Crippen LogP contribution in [-0.4, -0.2) is 47.8 Å². The third-order valence-corrected chi connectivity index (χ3v) is 6.02. The minimum absolute atomic E-state index is 0.0636. The zero-order chi connectivity index (χ0) is 16.9. The van der Waals surface area contributed by atoms with E-state index in [1.165, 1.54) is 19.3 Å². The predicted octanol–water partition coefficient (Wildman–Crippen LogP) is 2.78. The Balaban J connectivity index is 1.43. The number of carbonyl (C=O) groups excluding carboxylic acids is 1. The topological polar surface area (TPSA) is 54.9 Å². The molecule has 5 rings (SSSR count). The van der Waals surface area contributed by atoms with E-state index in [0.717, 1.165) is 44.5 Å². The van der Waals surface area contributed by atoms with Crippen LogP contribution in [0.2, 0.25) is 0 Å². The number of hydrogen-bond donors (Lipinski definition) is 0. The summed E-state index contributed by atoms with van der Waals surface area (Å²) in [6.45, 7) is 3.33. The summed E-state index contributed by atoms with van der Waals surface area (Å²) in [5, 5.41) is 1.59. The molecule has 2 aliphatic heterocycles. The number of hydrogen-bond acceptors (Lipinski definition) is 5. The number of rotatable bonds is 5. The van der Waals surface area contributed by atoms with E-state index >= 15 is 0 Å². The highest BCUT2D eigenvalue weighted by Gasteiger charge is 2.54. The van der Waals surface area contributed by atoms with E-state index in [1.807, 2.05) is 12.1 Å². The van der Waals surface area contributed by atoms with E-state index in [0.29, 0.717) is 30.7 Å². The summed E-state index contributed by atoms with van der Waals surface area (Å²) in [5.74, 6) is 1.11. The van der Waals surface area contributed by atoms with Crippen molar-refractivity contribution >= 4 is 11.6 Å². The van der Waals surface area contributed by atoms with E-state index < -0.39 is 0 Å². The number of hydroxylamine groups is 2. The van der Waals surface area contributed by atoms with Crippen molar-refractivity contribution in [3.05, 3.63) is 17.8 Å². The molecule has 1 amide bonds. The molecular formula is C19H25N3O3. The van der Waals surface area contributed by atoms with Crippen molar-refractivity contribution in [3.8, 4) is 5.88 Å². The fourth-order valence-corrected chi connectivity index (χ4v) is 3.99. The molecule has 0 aromatic carbocycles. The number of nitrogens with zero attached hydrogens (tertiary/aromatic N) is 3. The molecule has 6 nitrogen and oxygen atoms in total. The summed E-state index contributed by atoms with van der Waals surface area (Å²) < 4.78 is 5.82. The van der Waals surface area contributed by atoms with Gasteiger partial charge in [0.2, 0.25) is 5.88 Å². The Kier molecular flexibility index (Phi) is 3.62. The highest BCUT2D eigenvalue weighted by molar-refractivity contribution is 5.98. The van der Waals surface area contributed by atoms with Gasteiger partial charge in [-0.15, -0.1) is 0 Å². The lowest BCUT2D eigenvalue weighted by molar-refractivity contribution is -0.323. The van der Waals surface area contributed by atoms with Crippen LogP contribution in [0.15, 0.2) is 12.1 Å². The molecule has 1 spiro atoms. The van der Waals surface area contributed by atoms with Crippen LogP contribution in [0.3, 0.4) is 0 Å². The fraction of sp³-hybridized carbons (Fsp3) is 0.684. The molecule has 25 heavy (non-hydrogen) atoms. The van der Waals surface area contributed by atoms with Gasteiger partial charge in [0.1, 0.15) is 6.61 Å². The average Bonchev–Trinajstić information content (AvgIpc) is 3.22. The van der Waals surface area contributed by atoms with Crippen molar-refractivity contribution in [2.24, 2.45) is 5.92 Å². The molecule has 2 saturated heterocycles. The van der Waals surface area contributed by atoms with E-state index in [-0.39, 0.29) is 11.4 Å². The summed E-state index contributed by atoms with van der Waals surface area (Å²) in [4.78, 5) is 25.6. The van der Waals surface area contributed by atoms with Gasteiger partial charge in [-0.3, -0.25) is 9.63 Å². The number of amides is 1. The molecule has 4 fully saturated rings. The van der Waals surface area contributed by atoms with E-state index in [2.05, 4.69) is 9.88 Å². The third-order valence-electron chi connectivity index (χ3n) is 6.02. The zero-order valence-electron chi connectivity index (χ0n) is 14.6. The monoisotopic (exact) mass is 343 g/mol. The number of ether oxygens (including phenoxy) is 1. The van der Waals surface area contributed by atoms with Gasteiger partial charge in [0.15, 0.2) is 5.69 Å². The first-order chi connectivity index (χ1) is 12.3. The zero-order valence-corrected chi connectivity index (χ0v) is 14.6. The van der Waals surface area contributed by atoms with Crippen molar-refractivity contribution in [2.75, 3.05) is 31.2 Å². The van der Waals surface area contributed by atoms with Crippen LogP contribution < -0.4 is 9.64 Å². The van der Waals surface area contributed by atoms with E-state index in [4.69, 9.17) is 9.57 Å². The molecule has 4 aliphatic rings. The number of pyridine rings is 1. The van der Waals surface area contributed by atoms with Crippen LogP contribution in [0.4, 0.5) is 5.69 Å². The Bertz CT molecular complexity index is 673. The molecule has 0 radical (unpaired) electrons. The average molecular weight is 343 g/mol. The third kappa shape index (κ3) is 2.67. The molecule has 3 heterocycles. The smallest absolute Gasteiger partial charge is 0.298 e. The van der Waals surface area contributed by atoms with E-state index in [9.17, 15) is 4.79 Å². The van der Waals surface area contributed by atoms with Gasteiger partial charge < -0.3 is 9.64 Å². The largest absolute Gasteiger partial charge is 0.477 e. The highest BCUT2D eigenvalue weighted by Crippen LogP contribution is 2.45. The second-order valence-corrected chi connectivity index (χ2v) is 7.92. The number of anilines is 1. The van der Waals surface area contributed by atoms with Crippen LogP contribution >= 0.6 is 0 Å². The summed E-state index contributed by atoms with van der Waals surface area (Å²) in [5.41, 5.74) is 1.35. The van der Waals surface area contributed by atoms with Crippen LogP contribution in [0.25, 0.3) is 0 Å². The summed E-state index contributed by atoms with van der Waals surface area (Å²) >= 11 is 0. The summed E-state index contributed by atoms with van der Waals surface area (Å²) in [6.07, 6.45) is 8.05. The van der Waals surface area contributed by atoms with Crippen LogP contribution in [-0.2, 0) is 4.84 Å². The van der Waals surface area contributed by atoms with Gasteiger partial charge in [-0.1, -0.05) is 0 Å². The van der Waals surface area contributed by atoms with Gasteiger partial charge in [-0.25, -0.2) is 10.0 Å². The number of carbonyl (C=O) groups is 1. The first-order valence-electron chi connectivity index (χ1n) is 9.61. The normalized spacial score (nSPS) is 24.2. The standard InChI is InChI=1S/C19H25N3O3/c23-18(22-19(13-25-22)8-3-9-19)17-15(21-10-1-2-11-21)6-7-16(20-17)24-12-14-4-5-14/h6-7,14H,1-5,8-13H2. The first kappa shape index (κ1) is 15.4.